The van der Waals surface area contributed by atoms with E-state index in [-0.39, 0.29) is 35.2 Å². The van der Waals surface area contributed by atoms with Crippen molar-refractivity contribution in [1.82, 2.24) is 4.31 Å². The van der Waals surface area contributed by atoms with Gasteiger partial charge in [-0.3, -0.25) is 4.79 Å². The molecule has 0 saturated carbocycles. The number of hydrogen-bond donors (Lipinski definition) is 0. The minimum atomic E-state index is -3.88. The zero-order valence-electron chi connectivity index (χ0n) is 14.3. The lowest BCUT2D eigenvalue weighted by Crippen LogP contribution is -2.41. The average Bonchev–Trinajstić information content (AvgIpc) is 2.65. The molecule has 0 aromatic heterocycles. The summed E-state index contributed by atoms with van der Waals surface area (Å²) in [7, 11) is -2.68. The topological polar surface area (TPSA) is 90.0 Å². The third-order valence-electron chi connectivity index (χ3n) is 4.07. The van der Waals surface area contributed by atoms with Crippen LogP contribution in [0, 0.1) is 5.92 Å². The van der Waals surface area contributed by atoms with Gasteiger partial charge in [-0.15, -0.1) is 0 Å². The molecule has 9 heteroatoms. The normalized spacial score (nSPS) is 16.1. The van der Waals surface area contributed by atoms with E-state index in [0.29, 0.717) is 12.8 Å². The Labute approximate surface area is 157 Å². The average molecular weight is 402 g/mol. The van der Waals surface area contributed by atoms with Crippen LogP contribution in [0.25, 0.3) is 0 Å². The lowest BCUT2D eigenvalue weighted by molar-refractivity contribution is -0.148. The number of carbonyl (C=O) groups is 2. The molecular formula is C17H20ClNO6S. The van der Waals surface area contributed by atoms with E-state index < -0.39 is 27.9 Å². The van der Waals surface area contributed by atoms with Gasteiger partial charge < -0.3 is 9.47 Å². The van der Waals surface area contributed by atoms with Crippen LogP contribution >= 0.6 is 11.6 Å². The Kier molecular flexibility index (Phi) is 6.80. The molecular weight excluding hydrogens is 382 g/mol. The summed E-state index contributed by atoms with van der Waals surface area (Å²) in [5, 5.41) is 0.220. The number of nitrogens with zero attached hydrogens (tertiary/aromatic N) is 1. The van der Waals surface area contributed by atoms with Crippen LogP contribution in [0.5, 0.6) is 0 Å². The summed E-state index contributed by atoms with van der Waals surface area (Å²) >= 11 is 5.57. The fraction of sp³-hybridized carbons (Fsp3) is 0.412. The van der Waals surface area contributed by atoms with Gasteiger partial charge in [0.2, 0.25) is 10.0 Å². The van der Waals surface area contributed by atoms with Gasteiger partial charge in [-0.25, -0.2) is 13.2 Å². The summed E-state index contributed by atoms with van der Waals surface area (Å²) in [6, 6.07) is 5.89. The minimum absolute atomic E-state index is 0.0165. The fourth-order valence-electron chi connectivity index (χ4n) is 2.71. The number of ether oxygens (including phenoxy) is 2. The van der Waals surface area contributed by atoms with Crippen LogP contribution in [0.4, 0.5) is 0 Å². The van der Waals surface area contributed by atoms with E-state index in [1.807, 2.05) is 0 Å². The first-order valence-corrected chi connectivity index (χ1v) is 9.76. The van der Waals surface area contributed by atoms with Gasteiger partial charge in [-0.2, -0.15) is 4.31 Å². The number of esters is 2. The van der Waals surface area contributed by atoms with Crippen LogP contribution in [0.1, 0.15) is 23.2 Å². The van der Waals surface area contributed by atoms with Crippen molar-refractivity contribution in [1.29, 1.82) is 0 Å². The molecule has 2 rings (SSSR count). The van der Waals surface area contributed by atoms with Crippen molar-refractivity contribution in [2.24, 2.45) is 5.92 Å². The van der Waals surface area contributed by atoms with Crippen molar-refractivity contribution in [3.05, 3.63) is 41.4 Å². The van der Waals surface area contributed by atoms with Crippen LogP contribution in [0.15, 0.2) is 40.8 Å². The molecule has 0 amide bonds. The van der Waals surface area contributed by atoms with E-state index in [1.165, 1.54) is 23.5 Å². The molecule has 0 atom stereocenters. The van der Waals surface area contributed by atoms with Crippen LogP contribution in [-0.4, -0.2) is 51.5 Å². The molecule has 1 saturated heterocycles. The number of benzene rings is 1. The smallest absolute Gasteiger partial charge is 0.339 e. The van der Waals surface area contributed by atoms with Crippen LogP contribution in [0.3, 0.4) is 0 Å². The summed E-state index contributed by atoms with van der Waals surface area (Å²) < 4.78 is 36.7. The Bertz CT molecular complexity index is 799. The van der Waals surface area contributed by atoms with Crippen LogP contribution in [-0.2, 0) is 24.3 Å². The van der Waals surface area contributed by atoms with Gasteiger partial charge in [0.1, 0.15) is 6.61 Å². The van der Waals surface area contributed by atoms with Gasteiger partial charge in [0, 0.05) is 18.1 Å². The number of carbonyl (C=O) groups excluding carboxylic acids is 2. The zero-order valence-corrected chi connectivity index (χ0v) is 15.9. The van der Waals surface area contributed by atoms with Crippen molar-refractivity contribution < 1.29 is 27.5 Å². The highest BCUT2D eigenvalue weighted by Gasteiger charge is 2.34. The molecule has 1 aliphatic rings. The van der Waals surface area contributed by atoms with Gasteiger partial charge in [0.15, 0.2) is 0 Å². The second-order valence-corrected chi connectivity index (χ2v) is 8.23. The Morgan fingerprint density at radius 3 is 2.46 bits per heavy atom. The number of methoxy groups -OCH3 is 1. The quantitative estimate of drug-likeness (QED) is 0.678. The first-order chi connectivity index (χ1) is 12.3. The zero-order chi connectivity index (χ0) is 19.3. The monoisotopic (exact) mass is 401 g/mol. The van der Waals surface area contributed by atoms with Crippen LogP contribution in [0.2, 0.25) is 0 Å². The number of sulfonamides is 1. The Hall–Kier alpha value is -1.90. The maximum absolute atomic E-state index is 12.9. The minimum Gasteiger partial charge on any atom is -0.465 e. The second-order valence-electron chi connectivity index (χ2n) is 5.79. The van der Waals surface area contributed by atoms with Gasteiger partial charge in [0.05, 0.1) is 23.5 Å². The third kappa shape index (κ3) is 4.63. The second kappa shape index (κ2) is 8.66. The standard InChI is InChI=1S/C17H20ClNO6S/c1-12(18)11-25-16(20)13-7-9-19(10-8-13)26(22,23)15-6-4-3-5-14(15)17(21)24-2/h3-6,13H,1,7-11H2,2H3. The Morgan fingerprint density at radius 1 is 1.27 bits per heavy atom. The van der Waals surface area contributed by atoms with Crippen LogP contribution < -0.4 is 0 Å². The molecule has 26 heavy (non-hydrogen) atoms. The highest BCUT2D eigenvalue weighted by molar-refractivity contribution is 7.89. The predicted molar refractivity (Wildman–Crippen MR) is 95.2 cm³/mol. The molecule has 0 unspecified atom stereocenters. The Morgan fingerprint density at radius 2 is 1.88 bits per heavy atom. The fourth-order valence-corrected chi connectivity index (χ4v) is 4.41. The summed E-state index contributed by atoms with van der Waals surface area (Å²) in [5.41, 5.74) is -0.0165. The molecule has 1 aromatic carbocycles. The number of hydrogen-bond acceptors (Lipinski definition) is 6. The maximum Gasteiger partial charge on any atom is 0.339 e. The first kappa shape index (κ1) is 20.4. The molecule has 7 nitrogen and oxygen atoms in total. The van der Waals surface area contributed by atoms with Crippen molar-refractivity contribution in [2.45, 2.75) is 17.7 Å². The lowest BCUT2D eigenvalue weighted by Gasteiger charge is -2.30. The SMILES string of the molecule is C=C(Cl)COC(=O)C1CCN(S(=O)(=O)c2ccccc2C(=O)OC)CC1. The van der Waals surface area contributed by atoms with E-state index >= 15 is 0 Å². The highest BCUT2D eigenvalue weighted by atomic mass is 35.5. The van der Waals surface area contributed by atoms with Gasteiger partial charge in [0.25, 0.3) is 0 Å². The van der Waals surface area contributed by atoms with Gasteiger partial charge >= 0.3 is 11.9 Å². The maximum atomic E-state index is 12.9. The number of halogens is 1. The largest absolute Gasteiger partial charge is 0.465 e. The van der Waals surface area contributed by atoms with E-state index in [0.717, 1.165) is 0 Å². The molecule has 1 aromatic rings. The summed E-state index contributed by atoms with van der Waals surface area (Å²) in [6.07, 6.45) is 0.653. The van der Waals surface area contributed by atoms with E-state index in [2.05, 4.69) is 11.3 Å². The third-order valence-corrected chi connectivity index (χ3v) is 6.13. The Balaban J connectivity index is 2.10. The predicted octanol–water partition coefficient (Wildman–Crippen LogP) is 2.17. The molecule has 142 valence electrons. The molecule has 0 bridgehead atoms. The van der Waals surface area contributed by atoms with E-state index in [1.54, 1.807) is 12.1 Å². The molecule has 0 N–H and O–H groups in total. The first-order valence-electron chi connectivity index (χ1n) is 7.94. The lowest BCUT2D eigenvalue weighted by atomic mass is 9.98. The number of rotatable bonds is 6. The van der Waals surface area contributed by atoms with Crippen molar-refractivity contribution in [2.75, 3.05) is 26.8 Å². The summed E-state index contributed by atoms with van der Waals surface area (Å²) in [6.45, 7) is 3.68. The van der Waals surface area contributed by atoms with E-state index in [9.17, 15) is 18.0 Å². The molecule has 0 aliphatic carbocycles. The molecule has 1 fully saturated rings. The number of piperidine rings is 1. The molecule has 1 heterocycles. The molecule has 0 spiro atoms. The van der Waals surface area contributed by atoms with Crippen molar-refractivity contribution in [3.63, 3.8) is 0 Å². The highest BCUT2D eigenvalue weighted by Crippen LogP contribution is 2.27. The summed E-state index contributed by atoms with van der Waals surface area (Å²) in [5.74, 6) is -1.53. The van der Waals surface area contributed by atoms with E-state index in [4.69, 9.17) is 16.3 Å². The van der Waals surface area contributed by atoms with Crippen molar-refractivity contribution in [3.8, 4) is 0 Å². The summed E-state index contributed by atoms with van der Waals surface area (Å²) in [4.78, 5) is 23.7. The van der Waals surface area contributed by atoms with Gasteiger partial charge in [-0.1, -0.05) is 30.3 Å². The molecule has 1 aliphatic heterocycles. The van der Waals surface area contributed by atoms with Crippen molar-refractivity contribution >= 4 is 33.6 Å². The molecule has 0 radical (unpaired) electrons. The van der Waals surface area contributed by atoms with Gasteiger partial charge in [-0.05, 0) is 25.0 Å².